The number of rotatable bonds is 4. The van der Waals surface area contributed by atoms with Crippen LogP contribution in [-0.4, -0.2) is 15.5 Å². The molecule has 0 atom stereocenters. The van der Waals surface area contributed by atoms with Gasteiger partial charge in [-0.2, -0.15) is 0 Å². The summed E-state index contributed by atoms with van der Waals surface area (Å²) < 4.78 is 33.3. The van der Waals surface area contributed by atoms with Crippen LogP contribution in [0.15, 0.2) is 77.8 Å². The van der Waals surface area contributed by atoms with Crippen LogP contribution in [0.1, 0.15) is 16.7 Å². The molecular formula is C22H19NO3S. The molecular weight excluding hydrogens is 358 g/mol. The molecule has 0 unspecified atom stereocenters. The summed E-state index contributed by atoms with van der Waals surface area (Å²) in [6.07, 6.45) is 1.57. The molecule has 0 bridgehead atoms. The molecule has 0 amide bonds. The van der Waals surface area contributed by atoms with Gasteiger partial charge in [0.1, 0.15) is 5.75 Å². The molecule has 1 N–H and O–H groups in total. The maximum absolute atomic E-state index is 12.7. The van der Waals surface area contributed by atoms with Crippen molar-refractivity contribution in [2.75, 3.05) is 7.11 Å². The molecule has 1 aliphatic rings. The van der Waals surface area contributed by atoms with Gasteiger partial charge in [-0.3, -0.25) is 4.72 Å². The summed E-state index contributed by atoms with van der Waals surface area (Å²) in [7, 11) is -2.02. The number of benzene rings is 3. The molecule has 5 heteroatoms. The Kier molecular flexibility index (Phi) is 4.24. The fourth-order valence-corrected chi connectivity index (χ4v) is 4.19. The minimum atomic E-state index is -3.64. The molecule has 0 aliphatic heterocycles. The third kappa shape index (κ3) is 3.11. The van der Waals surface area contributed by atoms with Crippen molar-refractivity contribution < 1.29 is 13.2 Å². The van der Waals surface area contributed by atoms with Crippen LogP contribution in [0, 0.1) is 6.92 Å². The summed E-state index contributed by atoms with van der Waals surface area (Å²) in [5.41, 5.74) is 5.92. The first kappa shape index (κ1) is 17.4. The highest BCUT2D eigenvalue weighted by molar-refractivity contribution is 7.89. The van der Waals surface area contributed by atoms with Crippen molar-refractivity contribution in [2.24, 2.45) is 0 Å². The van der Waals surface area contributed by atoms with Crippen molar-refractivity contribution in [1.82, 2.24) is 4.72 Å². The monoisotopic (exact) mass is 377 g/mol. The van der Waals surface area contributed by atoms with Gasteiger partial charge in [0.2, 0.25) is 0 Å². The van der Waals surface area contributed by atoms with E-state index in [4.69, 9.17) is 4.74 Å². The van der Waals surface area contributed by atoms with Gasteiger partial charge in [0.25, 0.3) is 10.0 Å². The van der Waals surface area contributed by atoms with Gasteiger partial charge >= 0.3 is 0 Å². The lowest BCUT2D eigenvalue weighted by atomic mass is 10.1. The van der Waals surface area contributed by atoms with Crippen molar-refractivity contribution in [2.45, 2.75) is 11.8 Å². The minimum Gasteiger partial charge on any atom is -0.497 e. The summed E-state index contributed by atoms with van der Waals surface area (Å²) in [6, 6.07) is 20.6. The van der Waals surface area contributed by atoms with E-state index < -0.39 is 10.0 Å². The third-order valence-corrected chi connectivity index (χ3v) is 6.03. The Morgan fingerprint density at radius 3 is 2.22 bits per heavy atom. The Balaban J connectivity index is 1.78. The average molecular weight is 377 g/mol. The summed E-state index contributed by atoms with van der Waals surface area (Å²) in [6.45, 7) is 1.92. The standard InChI is InChI=1S/C22H19NO3S/c1-15-7-10-17(11-8-15)27(24,25)23-14-22-19-6-4-3-5-18(19)20-12-9-16(26-2)13-21(20)22/h3-14,23H,1-2H3. The van der Waals surface area contributed by atoms with E-state index >= 15 is 0 Å². The Morgan fingerprint density at radius 1 is 0.852 bits per heavy atom. The number of ether oxygens (including phenoxy) is 1. The molecule has 3 aromatic carbocycles. The minimum absolute atomic E-state index is 0.238. The third-order valence-electron chi connectivity index (χ3n) is 4.71. The lowest BCUT2D eigenvalue weighted by Gasteiger charge is -2.08. The number of fused-ring (bicyclic) bond motifs is 3. The van der Waals surface area contributed by atoms with E-state index in [2.05, 4.69) is 4.72 Å². The van der Waals surface area contributed by atoms with Gasteiger partial charge < -0.3 is 4.74 Å². The molecule has 0 heterocycles. The van der Waals surface area contributed by atoms with Crippen molar-refractivity contribution in [3.05, 3.63) is 89.6 Å². The van der Waals surface area contributed by atoms with Crippen LogP contribution in [0.5, 0.6) is 5.75 Å². The zero-order valence-corrected chi connectivity index (χ0v) is 15.9. The SMILES string of the molecule is COc1ccc2c(c1)C(=CNS(=O)(=O)c1ccc(C)cc1)c1ccccc1-2. The van der Waals surface area contributed by atoms with Gasteiger partial charge in [-0.25, -0.2) is 8.42 Å². The first-order valence-corrected chi connectivity index (χ1v) is 10.1. The molecule has 27 heavy (non-hydrogen) atoms. The second-order valence-electron chi connectivity index (χ2n) is 6.45. The first-order valence-electron chi connectivity index (χ1n) is 8.57. The summed E-state index contributed by atoms with van der Waals surface area (Å²) in [5, 5.41) is 0. The van der Waals surface area contributed by atoms with E-state index in [0.29, 0.717) is 0 Å². The fraction of sp³-hybridized carbons (Fsp3) is 0.0909. The number of hydrogen-bond donors (Lipinski definition) is 1. The number of hydrogen-bond acceptors (Lipinski definition) is 3. The average Bonchev–Trinajstić information content (AvgIpc) is 2.99. The molecule has 3 aromatic rings. The van der Waals surface area contributed by atoms with Crippen LogP contribution in [0.2, 0.25) is 0 Å². The van der Waals surface area contributed by atoms with Crippen LogP contribution < -0.4 is 9.46 Å². The molecule has 0 saturated heterocycles. The van der Waals surface area contributed by atoms with Crippen LogP contribution in [0.25, 0.3) is 16.7 Å². The Bertz CT molecular complexity index is 1150. The second-order valence-corrected chi connectivity index (χ2v) is 8.16. The summed E-state index contributed by atoms with van der Waals surface area (Å²) in [4.78, 5) is 0.238. The van der Waals surface area contributed by atoms with Crippen LogP contribution in [0.3, 0.4) is 0 Å². The fourth-order valence-electron chi connectivity index (χ4n) is 3.28. The predicted octanol–water partition coefficient (Wildman–Crippen LogP) is 4.35. The van der Waals surface area contributed by atoms with Crippen LogP contribution in [0.4, 0.5) is 0 Å². The molecule has 4 rings (SSSR count). The van der Waals surface area contributed by atoms with E-state index in [1.54, 1.807) is 37.6 Å². The summed E-state index contributed by atoms with van der Waals surface area (Å²) >= 11 is 0. The number of aryl methyl sites for hydroxylation is 1. The van der Waals surface area contributed by atoms with Crippen molar-refractivity contribution >= 4 is 15.6 Å². The lowest BCUT2D eigenvalue weighted by Crippen LogP contribution is -2.18. The van der Waals surface area contributed by atoms with E-state index in [-0.39, 0.29) is 4.90 Å². The van der Waals surface area contributed by atoms with E-state index in [1.165, 1.54) is 0 Å². The number of methoxy groups -OCH3 is 1. The Labute approximate surface area is 159 Å². The van der Waals surface area contributed by atoms with Crippen LogP contribution in [-0.2, 0) is 10.0 Å². The normalized spacial score (nSPS) is 13.9. The van der Waals surface area contributed by atoms with Crippen molar-refractivity contribution in [3.63, 3.8) is 0 Å². The molecule has 0 spiro atoms. The zero-order chi connectivity index (χ0) is 19.0. The Hall–Kier alpha value is -3.05. The maximum atomic E-state index is 12.7. The van der Waals surface area contributed by atoms with Crippen molar-refractivity contribution in [1.29, 1.82) is 0 Å². The highest BCUT2D eigenvalue weighted by Crippen LogP contribution is 2.45. The second kappa shape index (κ2) is 6.59. The molecule has 0 aromatic heterocycles. The van der Waals surface area contributed by atoms with Gasteiger partial charge in [0, 0.05) is 11.8 Å². The van der Waals surface area contributed by atoms with E-state index in [0.717, 1.165) is 39.1 Å². The smallest absolute Gasteiger partial charge is 0.261 e. The van der Waals surface area contributed by atoms with E-state index in [1.807, 2.05) is 49.4 Å². The van der Waals surface area contributed by atoms with Gasteiger partial charge in [-0.1, -0.05) is 48.0 Å². The topological polar surface area (TPSA) is 55.4 Å². The lowest BCUT2D eigenvalue weighted by molar-refractivity contribution is 0.415. The largest absolute Gasteiger partial charge is 0.497 e. The van der Waals surface area contributed by atoms with Gasteiger partial charge in [0.05, 0.1) is 12.0 Å². The molecule has 0 saturated carbocycles. The number of nitrogens with one attached hydrogen (secondary N) is 1. The van der Waals surface area contributed by atoms with Gasteiger partial charge in [0.15, 0.2) is 0 Å². The molecule has 1 aliphatic carbocycles. The Morgan fingerprint density at radius 2 is 1.52 bits per heavy atom. The molecule has 136 valence electrons. The molecule has 0 radical (unpaired) electrons. The molecule has 0 fully saturated rings. The van der Waals surface area contributed by atoms with Gasteiger partial charge in [-0.05, 0) is 53.4 Å². The summed E-state index contributed by atoms with van der Waals surface area (Å²) in [5.74, 6) is 0.730. The zero-order valence-electron chi connectivity index (χ0n) is 15.1. The molecule has 4 nitrogen and oxygen atoms in total. The van der Waals surface area contributed by atoms with E-state index in [9.17, 15) is 8.42 Å². The van der Waals surface area contributed by atoms with Crippen LogP contribution >= 0.6 is 0 Å². The van der Waals surface area contributed by atoms with Crippen molar-refractivity contribution in [3.8, 4) is 16.9 Å². The maximum Gasteiger partial charge on any atom is 0.261 e. The quantitative estimate of drug-likeness (QED) is 0.575. The predicted molar refractivity (Wildman–Crippen MR) is 107 cm³/mol. The highest BCUT2D eigenvalue weighted by Gasteiger charge is 2.24. The highest BCUT2D eigenvalue weighted by atomic mass is 32.2. The van der Waals surface area contributed by atoms with Gasteiger partial charge in [-0.15, -0.1) is 0 Å². The number of sulfonamides is 1. The first-order chi connectivity index (χ1) is 13.0.